The molecule has 0 aromatic carbocycles. The molecule has 18 heavy (non-hydrogen) atoms. The minimum atomic E-state index is -4.21. The highest BCUT2D eigenvalue weighted by molar-refractivity contribution is 5.57. The van der Waals surface area contributed by atoms with Crippen LogP contribution in [-0.4, -0.2) is 24.8 Å². The van der Waals surface area contributed by atoms with Crippen LogP contribution in [0.15, 0.2) is 6.07 Å². The first-order valence-corrected chi connectivity index (χ1v) is 5.41. The molecule has 98 valence electrons. The Morgan fingerprint density at radius 2 is 2.00 bits per heavy atom. The minimum absolute atomic E-state index is 0.214. The summed E-state index contributed by atoms with van der Waals surface area (Å²) in [6, 6.07) is 3.72. The van der Waals surface area contributed by atoms with Crippen molar-refractivity contribution in [3.05, 3.63) is 22.9 Å². The molecule has 0 N–H and O–H groups in total. The molecule has 1 rings (SSSR count). The second-order valence-electron chi connectivity index (χ2n) is 4.18. The van der Waals surface area contributed by atoms with E-state index in [0.29, 0.717) is 17.1 Å². The van der Waals surface area contributed by atoms with Crippen LogP contribution in [0, 0.1) is 25.2 Å². The average Bonchev–Trinajstić information content (AvgIpc) is 2.24. The lowest BCUT2D eigenvalue weighted by atomic mass is 10.1. The maximum Gasteiger partial charge on any atom is 0.390 e. The van der Waals surface area contributed by atoms with Crippen molar-refractivity contribution in [2.75, 3.05) is 18.5 Å². The Balaban J connectivity index is 2.99. The van der Waals surface area contributed by atoms with Crippen LogP contribution >= 0.6 is 0 Å². The first-order chi connectivity index (χ1) is 8.24. The zero-order valence-corrected chi connectivity index (χ0v) is 10.5. The third-order valence-corrected chi connectivity index (χ3v) is 2.53. The number of nitrogens with zero attached hydrogens (tertiary/aromatic N) is 3. The molecular formula is C12H14F3N3. The monoisotopic (exact) mass is 257 g/mol. The van der Waals surface area contributed by atoms with Crippen molar-refractivity contribution < 1.29 is 13.2 Å². The van der Waals surface area contributed by atoms with E-state index in [1.807, 2.05) is 6.07 Å². The summed E-state index contributed by atoms with van der Waals surface area (Å²) < 4.78 is 36.5. The van der Waals surface area contributed by atoms with Crippen molar-refractivity contribution in [3.63, 3.8) is 0 Å². The van der Waals surface area contributed by atoms with Gasteiger partial charge in [-0.3, -0.25) is 0 Å². The van der Waals surface area contributed by atoms with Gasteiger partial charge < -0.3 is 4.90 Å². The highest BCUT2D eigenvalue weighted by Gasteiger charge is 2.28. The van der Waals surface area contributed by atoms with Crippen molar-refractivity contribution >= 4 is 5.82 Å². The molecule has 0 amide bonds. The summed E-state index contributed by atoms with van der Waals surface area (Å²) in [7, 11) is 1.51. The van der Waals surface area contributed by atoms with E-state index >= 15 is 0 Å². The van der Waals surface area contributed by atoms with E-state index in [4.69, 9.17) is 5.26 Å². The first kappa shape index (κ1) is 14.3. The van der Waals surface area contributed by atoms with Gasteiger partial charge in [0.15, 0.2) is 0 Å². The Kier molecular flexibility index (Phi) is 4.17. The SMILES string of the molecule is Cc1cc(C)c(C#N)c(N(C)CCC(F)(F)F)n1. The van der Waals surface area contributed by atoms with Gasteiger partial charge in [-0.15, -0.1) is 0 Å². The third kappa shape index (κ3) is 3.62. The maximum absolute atomic E-state index is 12.2. The van der Waals surface area contributed by atoms with Crippen LogP contribution in [0.3, 0.4) is 0 Å². The van der Waals surface area contributed by atoms with Crippen LogP contribution in [0.5, 0.6) is 0 Å². The molecule has 1 aromatic heterocycles. The standard InChI is InChI=1S/C12H14F3N3/c1-8-6-9(2)17-11(10(8)7-16)18(3)5-4-12(13,14)15/h6H,4-5H2,1-3H3. The number of alkyl halides is 3. The summed E-state index contributed by atoms with van der Waals surface area (Å²) in [6.45, 7) is 3.28. The quantitative estimate of drug-likeness (QED) is 0.835. The molecule has 0 aliphatic heterocycles. The van der Waals surface area contributed by atoms with Crippen LogP contribution in [0.2, 0.25) is 0 Å². The van der Waals surface area contributed by atoms with Gasteiger partial charge in [0.1, 0.15) is 11.9 Å². The van der Waals surface area contributed by atoms with Crippen molar-refractivity contribution in [3.8, 4) is 6.07 Å². The van der Waals surface area contributed by atoms with Gasteiger partial charge in [0.25, 0.3) is 0 Å². The van der Waals surface area contributed by atoms with Crippen molar-refractivity contribution in [2.24, 2.45) is 0 Å². The molecule has 0 fully saturated rings. The molecule has 0 spiro atoms. The van der Waals surface area contributed by atoms with E-state index in [1.165, 1.54) is 11.9 Å². The van der Waals surface area contributed by atoms with E-state index < -0.39 is 12.6 Å². The summed E-state index contributed by atoms with van der Waals surface area (Å²) in [4.78, 5) is 5.51. The molecule has 1 heterocycles. The van der Waals surface area contributed by atoms with Gasteiger partial charge in [0, 0.05) is 19.3 Å². The van der Waals surface area contributed by atoms with Crippen LogP contribution in [0.25, 0.3) is 0 Å². The molecule has 0 radical (unpaired) electrons. The topological polar surface area (TPSA) is 39.9 Å². The Morgan fingerprint density at radius 3 is 2.50 bits per heavy atom. The van der Waals surface area contributed by atoms with Gasteiger partial charge in [0.2, 0.25) is 0 Å². The van der Waals surface area contributed by atoms with E-state index in [-0.39, 0.29) is 6.54 Å². The number of pyridine rings is 1. The fourth-order valence-electron chi connectivity index (χ4n) is 1.63. The number of halogens is 3. The number of hydrogen-bond donors (Lipinski definition) is 0. The fourth-order valence-corrected chi connectivity index (χ4v) is 1.63. The highest BCUT2D eigenvalue weighted by Crippen LogP contribution is 2.24. The molecule has 6 heteroatoms. The minimum Gasteiger partial charge on any atom is -0.358 e. The van der Waals surface area contributed by atoms with Gasteiger partial charge in [0.05, 0.1) is 12.0 Å². The molecular weight excluding hydrogens is 243 g/mol. The molecule has 0 aliphatic rings. The predicted octanol–water partition coefficient (Wildman–Crippen LogP) is 2.96. The summed E-state index contributed by atoms with van der Waals surface area (Å²) in [6.07, 6.45) is -5.14. The second kappa shape index (κ2) is 5.25. The normalized spacial score (nSPS) is 11.2. The third-order valence-electron chi connectivity index (χ3n) is 2.53. The number of nitriles is 1. The summed E-state index contributed by atoms with van der Waals surface area (Å²) in [5.74, 6) is 0.305. The van der Waals surface area contributed by atoms with Gasteiger partial charge in [-0.05, 0) is 25.5 Å². The Bertz CT molecular complexity index is 475. The lowest BCUT2D eigenvalue weighted by Gasteiger charge is -2.21. The van der Waals surface area contributed by atoms with Crippen molar-refractivity contribution in [1.29, 1.82) is 5.26 Å². The zero-order chi connectivity index (χ0) is 13.9. The number of aromatic nitrogens is 1. The van der Waals surface area contributed by atoms with Crippen LogP contribution < -0.4 is 4.90 Å². The largest absolute Gasteiger partial charge is 0.390 e. The molecule has 0 saturated heterocycles. The van der Waals surface area contributed by atoms with E-state index in [9.17, 15) is 13.2 Å². The number of anilines is 1. The number of hydrogen-bond acceptors (Lipinski definition) is 3. The Morgan fingerprint density at radius 1 is 1.39 bits per heavy atom. The van der Waals surface area contributed by atoms with Gasteiger partial charge >= 0.3 is 6.18 Å². The van der Waals surface area contributed by atoms with Gasteiger partial charge in [-0.25, -0.2) is 4.98 Å². The second-order valence-corrected chi connectivity index (χ2v) is 4.18. The molecule has 1 aromatic rings. The fraction of sp³-hybridized carbons (Fsp3) is 0.500. The number of rotatable bonds is 3. The summed E-state index contributed by atoms with van der Waals surface area (Å²) in [5, 5.41) is 9.03. The first-order valence-electron chi connectivity index (χ1n) is 5.41. The van der Waals surface area contributed by atoms with Crippen LogP contribution in [-0.2, 0) is 0 Å². The van der Waals surface area contributed by atoms with Crippen molar-refractivity contribution in [2.45, 2.75) is 26.4 Å². The Hall–Kier alpha value is -1.77. The maximum atomic E-state index is 12.2. The predicted molar refractivity (Wildman–Crippen MR) is 62.4 cm³/mol. The average molecular weight is 257 g/mol. The molecule has 3 nitrogen and oxygen atoms in total. The molecule has 0 aliphatic carbocycles. The summed E-state index contributed by atoms with van der Waals surface area (Å²) >= 11 is 0. The van der Waals surface area contributed by atoms with E-state index in [1.54, 1.807) is 19.9 Å². The zero-order valence-electron chi connectivity index (χ0n) is 10.5. The summed E-state index contributed by atoms with van der Waals surface area (Å²) in [5.41, 5.74) is 1.73. The lowest BCUT2D eigenvalue weighted by molar-refractivity contribution is -0.132. The lowest BCUT2D eigenvalue weighted by Crippen LogP contribution is -2.26. The van der Waals surface area contributed by atoms with E-state index in [0.717, 1.165) is 5.56 Å². The van der Waals surface area contributed by atoms with Gasteiger partial charge in [-0.1, -0.05) is 0 Å². The molecule has 0 unspecified atom stereocenters. The van der Waals surface area contributed by atoms with E-state index in [2.05, 4.69) is 4.98 Å². The highest BCUT2D eigenvalue weighted by atomic mass is 19.4. The van der Waals surface area contributed by atoms with Crippen LogP contribution in [0.4, 0.5) is 19.0 Å². The molecule has 0 saturated carbocycles. The number of aryl methyl sites for hydroxylation is 2. The molecule has 0 atom stereocenters. The Labute approximate surface area is 104 Å². The van der Waals surface area contributed by atoms with Gasteiger partial charge in [-0.2, -0.15) is 18.4 Å². The smallest absolute Gasteiger partial charge is 0.358 e. The molecule has 0 bridgehead atoms. The van der Waals surface area contributed by atoms with Crippen molar-refractivity contribution in [1.82, 2.24) is 4.98 Å². The van der Waals surface area contributed by atoms with Crippen LogP contribution in [0.1, 0.15) is 23.2 Å².